The predicted molar refractivity (Wildman–Crippen MR) is 73.5 cm³/mol. The maximum atomic E-state index is 12.0. The van der Waals surface area contributed by atoms with Crippen molar-refractivity contribution < 1.29 is 0 Å². The van der Waals surface area contributed by atoms with E-state index in [-0.39, 0.29) is 5.56 Å². The number of rotatable bonds is 3. The van der Waals surface area contributed by atoms with Crippen molar-refractivity contribution in [2.24, 2.45) is 0 Å². The smallest absolute Gasteiger partial charge is 0.287 e. The summed E-state index contributed by atoms with van der Waals surface area (Å²) in [5.74, 6) is 0. The molecular weight excluding hydrogens is 252 g/mol. The van der Waals surface area contributed by atoms with Gasteiger partial charge in [-0.05, 0) is 19.4 Å². The maximum Gasteiger partial charge on any atom is 0.287 e. The van der Waals surface area contributed by atoms with Gasteiger partial charge in [-0.3, -0.25) is 4.79 Å². The minimum absolute atomic E-state index is 0.187. The molecule has 5 nitrogen and oxygen atoms in total. The normalized spacial score (nSPS) is 16.7. The molecule has 1 N–H and O–H groups in total. The average molecular weight is 271 g/mol. The Morgan fingerprint density at radius 1 is 1.44 bits per heavy atom. The van der Waals surface area contributed by atoms with E-state index in [0.29, 0.717) is 11.6 Å². The molecule has 1 aliphatic heterocycles. The molecule has 100 valence electrons. The molecule has 0 aromatic carbocycles. The van der Waals surface area contributed by atoms with Crippen LogP contribution in [0.25, 0.3) is 0 Å². The second-order valence-electron chi connectivity index (χ2n) is 4.46. The first-order valence-electron chi connectivity index (χ1n) is 6.45. The third-order valence-electron chi connectivity index (χ3n) is 3.08. The molecule has 0 bridgehead atoms. The molecule has 1 aromatic rings. The van der Waals surface area contributed by atoms with Crippen molar-refractivity contribution in [3.8, 4) is 0 Å². The first-order valence-corrected chi connectivity index (χ1v) is 6.83. The summed E-state index contributed by atoms with van der Waals surface area (Å²) in [7, 11) is 0. The van der Waals surface area contributed by atoms with E-state index < -0.39 is 0 Å². The number of aryl methyl sites for hydroxylation is 1. The molecule has 2 heterocycles. The highest BCUT2D eigenvalue weighted by Gasteiger charge is 2.16. The minimum Gasteiger partial charge on any atom is -0.368 e. The highest BCUT2D eigenvalue weighted by molar-refractivity contribution is 6.33. The van der Waals surface area contributed by atoms with E-state index in [2.05, 4.69) is 15.3 Å². The molecule has 0 saturated carbocycles. The van der Waals surface area contributed by atoms with Crippen molar-refractivity contribution in [3.63, 3.8) is 0 Å². The number of hydrogen-bond donors (Lipinski definition) is 1. The topological polar surface area (TPSA) is 50.2 Å². The Labute approximate surface area is 112 Å². The van der Waals surface area contributed by atoms with E-state index in [4.69, 9.17) is 11.6 Å². The summed E-state index contributed by atoms with van der Waals surface area (Å²) < 4.78 is 1.43. The molecule has 0 unspecified atom stereocenters. The molecule has 1 aliphatic rings. The highest BCUT2D eigenvalue weighted by atomic mass is 35.5. The van der Waals surface area contributed by atoms with Crippen molar-refractivity contribution in [1.29, 1.82) is 0 Å². The fourth-order valence-electron chi connectivity index (χ4n) is 2.13. The lowest BCUT2D eigenvalue weighted by molar-refractivity contribution is 0.567. The van der Waals surface area contributed by atoms with Gasteiger partial charge in [0.2, 0.25) is 0 Å². The van der Waals surface area contributed by atoms with Gasteiger partial charge in [0.25, 0.3) is 5.56 Å². The molecule has 0 radical (unpaired) electrons. The molecule has 1 aromatic heterocycles. The van der Waals surface area contributed by atoms with Crippen molar-refractivity contribution in [2.45, 2.75) is 26.3 Å². The maximum absolute atomic E-state index is 12.0. The lowest BCUT2D eigenvalue weighted by Gasteiger charge is -2.23. The average Bonchev–Trinajstić information content (AvgIpc) is 2.64. The van der Waals surface area contributed by atoms with Crippen LogP contribution in [0.3, 0.4) is 0 Å². The van der Waals surface area contributed by atoms with E-state index in [1.807, 2.05) is 6.92 Å². The molecule has 1 fully saturated rings. The van der Waals surface area contributed by atoms with Gasteiger partial charge in [-0.1, -0.05) is 18.5 Å². The predicted octanol–water partition coefficient (Wildman–Crippen LogP) is 1.11. The van der Waals surface area contributed by atoms with Gasteiger partial charge in [-0.2, -0.15) is 5.10 Å². The molecular formula is C12H19ClN4O. The Hall–Kier alpha value is -1.07. The zero-order chi connectivity index (χ0) is 13.0. The quantitative estimate of drug-likeness (QED) is 0.894. The van der Waals surface area contributed by atoms with E-state index in [0.717, 1.165) is 44.7 Å². The number of nitrogens with zero attached hydrogens (tertiary/aromatic N) is 3. The van der Waals surface area contributed by atoms with Crippen LogP contribution in [0.4, 0.5) is 5.69 Å². The van der Waals surface area contributed by atoms with Gasteiger partial charge in [0.05, 0.1) is 11.9 Å². The summed E-state index contributed by atoms with van der Waals surface area (Å²) in [4.78, 5) is 14.2. The second-order valence-corrected chi connectivity index (χ2v) is 4.84. The fourth-order valence-corrected chi connectivity index (χ4v) is 2.40. The molecule has 0 spiro atoms. The number of halogens is 1. The van der Waals surface area contributed by atoms with Gasteiger partial charge in [0.1, 0.15) is 5.02 Å². The molecule has 0 atom stereocenters. The van der Waals surface area contributed by atoms with Crippen LogP contribution in [-0.4, -0.2) is 36.0 Å². The van der Waals surface area contributed by atoms with E-state index in [9.17, 15) is 4.79 Å². The largest absolute Gasteiger partial charge is 0.368 e. The lowest BCUT2D eigenvalue weighted by atomic mass is 10.3. The Balaban J connectivity index is 2.28. The lowest BCUT2D eigenvalue weighted by Crippen LogP contribution is -2.31. The second kappa shape index (κ2) is 6.20. The summed E-state index contributed by atoms with van der Waals surface area (Å²) in [5, 5.41) is 7.81. The van der Waals surface area contributed by atoms with Gasteiger partial charge in [-0.25, -0.2) is 4.68 Å². The number of nitrogens with one attached hydrogen (secondary N) is 1. The molecule has 6 heteroatoms. The van der Waals surface area contributed by atoms with Crippen molar-refractivity contribution >= 4 is 17.3 Å². The molecule has 2 rings (SSSR count). The minimum atomic E-state index is -0.187. The van der Waals surface area contributed by atoms with Crippen LogP contribution in [0, 0.1) is 0 Å². The van der Waals surface area contributed by atoms with Gasteiger partial charge < -0.3 is 10.2 Å². The van der Waals surface area contributed by atoms with Crippen LogP contribution < -0.4 is 15.8 Å². The Morgan fingerprint density at radius 3 is 3.06 bits per heavy atom. The molecule has 0 amide bonds. The summed E-state index contributed by atoms with van der Waals surface area (Å²) >= 11 is 6.19. The highest BCUT2D eigenvalue weighted by Crippen LogP contribution is 2.21. The molecule has 18 heavy (non-hydrogen) atoms. The molecule has 1 saturated heterocycles. The number of anilines is 1. The van der Waals surface area contributed by atoms with Crippen LogP contribution >= 0.6 is 11.6 Å². The molecule has 0 aliphatic carbocycles. The first-order chi connectivity index (χ1) is 8.74. The summed E-state index contributed by atoms with van der Waals surface area (Å²) in [6.45, 7) is 6.31. The number of hydrogen-bond acceptors (Lipinski definition) is 4. The Morgan fingerprint density at radius 2 is 2.28 bits per heavy atom. The SMILES string of the molecule is CCCn1ncc(N2CCCNCC2)c(Cl)c1=O. The van der Waals surface area contributed by atoms with Crippen molar-refractivity contribution in [1.82, 2.24) is 15.1 Å². The van der Waals surface area contributed by atoms with Crippen LogP contribution in [-0.2, 0) is 6.54 Å². The Kier molecular flexibility index (Phi) is 4.60. The van der Waals surface area contributed by atoms with Crippen LogP contribution in [0.5, 0.6) is 0 Å². The van der Waals surface area contributed by atoms with Crippen LogP contribution in [0.2, 0.25) is 5.02 Å². The third-order valence-corrected chi connectivity index (χ3v) is 3.44. The van der Waals surface area contributed by atoms with E-state index in [1.54, 1.807) is 6.20 Å². The van der Waals surface area contributed by atoms with Gasteiger partial charge in [-0.15, -0.1) is 0 Å². The third kappa shape index (κ3) is 2.84. The zero-order valence-corrected chi connectivity index (χ0v) is 11.4. The first kappa shape index (κ1) is 13.4. The monoisotopic (exact) mass is 270 g/mol. The fraction of sp³-hybridized carbons (Fsp3) is 0.667. The van der Waals surface area contributed by atoms with E-state index in [1.165, 1.54) is 4.68 Å². The summed E-state index contributed by atoms with van der Waals surface area (Å²) in [6.07, 6.45) is 3.63. The Bertz CT molecular complexity index is 452. The standard InChI is InChI=1S/C12H19ClN4O/c1-2-6-17-12(18)11(13)10(9-15-17)16-7-3-4-14-5-8-16/h9,14H,2-8H2,1H3. The van der Waals surface area contributed by atoms with Gasteiger partial charge >= 0.3 is 0 Å². The zero-order valence-electron chi connectivity index (χ0n) is 10.7. The van der Waals surface area contributed by atoms with Crippen LogP contribution in [0.15, 0.2) is 11.0 Å². The summed E-state index contributed by atoms with van der Waals surface area (Å²) in [5.41, 5.74) is 0.575. The van der Waals surface area contributed by atoms with Crippen molar-refractivity contribution in [2.75, 3.05) is 31.1 Å². The number of aromatic nitrogens is 2. The van der Waals surface area contributed by atoms with Crippen LogP contribution in [0.1, 0.15) is 19.8 Å². The summed E-state index contributed by atoms with van der Waals surface area (Å²) in [6, 6.07) is 0. The van der Waals surface area contributed by atoms with Gasteiger partial charge in [0.15, 0.2) is 0 Å². The van der Waals surface area contributed by atoms with Gasteiger partial charge in [0, 0.05) is 26.2 Å². The van der Waals surface area contributed by atoms with E-state index >= 15 is 0 Å². The van der Waals surface area contributed by atoms with Crippen molar-refractivity contribution in [3.05, 3.63) is 21.6 Å².